The van der Waals surface area contributed by atoms with Crippen LogP contribution in [0.1, 0.15) is 19.4 Å². The molecule has 0 bridgehead atoms. The summed E-state index contributed by atoms with van der Waals surface area (Å²) in [6, 6.07) is 61.3. The highest BCUT2D eigenvalue weighted by Gasteiger charge is 2.20. The van der Waals surface area contributed by atoms with Gasteiger partial charge in [-0.05, 0) is 116 Å². The molecule has 0 N–H and O–H groups in total. The first-order chi connectivity index (χ1) is 24.6. The van der Waals surface area contributed by atoms with Gasteiger partial charge in [0, 0.05) is 0 Å². The summed E-state index contributed by atoms with van der Waals surface area (Å²) < 4.78 is 0. The molecular weight excluding hydrogens is 601 g/mol. The van der Waals surface area contributed by atoms with Crippen LogP contribution in [0, 0.1) is 5.92 Å². The first-order valence-electron chi connectivity index (χ1n) is 17.9. The van der Waals surface area contributed by atoms with E-state index in [-0.39, 0.29) is 0 Å². The molecule has 50 heavy (non-hydrogen) atoms. The number of fused-ring (bicyclic) bond motifs is 3. The van der Waals surface area contributed by atoms with Gasteiger partial charge in [0.1, 0.15) is 0 Å². The zero-order valence-electron chi connectivity index (χ0n) is 28.4. The van der Waals surface area contributed by atoms with Gasteiger partial charge in [-0.15, -0.1) is 0 Å². The summed E-state index contributed by atoms with van der Waals surface area (Å²) in [5.41, 5.74) is 9.09. The average Bonchev–Trinajstić information content (AvgIpc) is 3.16. The summed E-state index contributed by atoms with van der Waals surface area (Å²) in [7, 11) is 0. The molecule has 0 nitrogen and oxygen atoms in total. The summed E-state index contributed by atoms with van der Waals surface area (Å²) >= 11 is 0. The molecule has 0 radical (unpaired) electrons. The van der Waals surface area contributed by atoms with Crippen LogP contribution in [0.15, 0.2) is 164 Å². The minimum Gasteiger partial charge on any atom is -0.0625 e. The Balaban J connectivity index is 1.22. The molecule has 0 atom stereocenters. The fourth-order valence-corrected chi connectivity index (χ4v) is 8.72. The third kappa shape index (κ3) is 4.38. The molecule has 10 rings (SSSR count). The fraction of sp³-hybridized carbons (Fsp3) is 0.0800. The highest BCUT2D eigenvalue weighted by molar-refractivity contribution is 6.29. The Morgan fingerprint density at radius 2 is 0.860 bits per heavy atom. The van der Waals surface area contributed by atoms with E-state index in [0.29, 0.717) is 5.92 Å². The second-order valence-corrected chi connectivity index (χ2v) is 14.3. The van der Waals surface area contributed by atoms with E-state index in [1.54, 1.807) is 0 Å². The minimum absolute atomic E-state index is 0.606. The Hall–Kier alpha value is -5.98. The van der Waals surface area contributed by atoms with Crippen LogP contribution in [0.5, 0.6) is 0 Å². The lowest BCUT2D eigenvalue weighted by molar-refractivity contribution is 0.650. The average molecular weight is 637 g/mol. The molecule has 0 aromatic heterocycles. The van der Waals surface area contributed by atoms with E-state index < -0.39 is 0 Å². The Bertz CT molecular complexity index is 2840. The lowest BCUT2D eigenvalue weighted by Crippen LogP contribution is -1.97. The fourth-order valence-electron chi connectivity index (χ4n) is 8.72. The van der Waals surface area contributed by atoms with E-state index in [1.807, 2.05) is 0 Å². The Labute approximate surface area is 292 Å². The van der Waals surface area contributed by atoms with Gasteiger partial charge in [0.15, 0.2) is 0 Å². The van der Waals surface area contributed by atoms with Gasteiger partial charge in [-0.25, -0.2) is 0 Å². The van der Waals surface area contributed by atoms with Crippen molar-refractivity contribution in [1.29, 1.82) is 0 Å². The van der Waals surface area contributed by atoms with Gasteiger partial charge in [0.2, 0.25) is 0 Å². The van der Waals surface area contributed by atoms with Crippen molar-refractivity contribution in [2.75, 3.05) is 0 Å². The minimum atomic E-state index is 0.606. The second-order valence-electron chi connectivity index (χ2n) is 14.3. The third-order valence-electron chi connectivity index (χ3n) is 10.9. The van der Waals surface area contributed by atoms with E-state index in [1.165, 1.54) is 104 Å². The highest BCUT2D eigenvalue weighted by atomic mass is 14.2. The monoisotopic (exact) mass is 636 g/mol. The molecule has 236 valence electrons. The summed E-state index contributed by atoms with van der Waals surface area (Å²) in [4.78, 5) is 0. The number of benzene rings is 10. The molecule has 0 heteroatoms. The van der Waals surface area contributed by atoms with Crippen LogP contribution >= 0.6 is 0 Å². The first-order valence-corrected chi connectivity index (χ1v) is 17.9. The molecule has 0 spiro atoms. The van der Waals surface area contributed by atoms with Gasteiger partial charge in [-0.3, -0.25) is 0 Å². The predicted molar refractivity (Wildman–Crippen MR) is 218 cm³/mol. The lowest BCUT2D eigenvalue weighted by Gasteiger charge is -2.21. The largest absolute Gasteiger partial charge is 0.0625 e. The zero-order chi connectivity index (χ0) is 33.3. The van der Waals surface area contributed by atoms with Crippen LogP contribution in [0.3, 0.4) is 0 Å². The smallest absolute Gasteiger partial charge is 0.00201 e. The molecule has 0 unspecified atom stereocenters. The van der Waals surface area contributed by atoms with E-state index >= 15 is 0 Å². The molecule has 0 amide bonds. The summed E-state index contributed by atoms with van der Waals surface area (Å²) in [5.74, 6) is 0.606. The van der Waals surface area contributed by atoms with Crippen LogP contribution < -0.4 is 0 Å². The predicted octanol–water partition coefficient (Wildman–Crippen LogP) is 14.2. The molecule has 0 saturated carbocycles. The Morgan fingerprint density at radius 3 is 1.54 bits per heavy atom. The van der Waals surface area contributed by atoms with Crippen LogP contribution in [0.4, 0.5) is 0 Å². The van der Waals surface area contributed by atoms with Gasteiger partial charge in [0.25, 0.3) is 0 Å². The molecule has 0 saturated heterocycles. The van der Waals surface area contributed by atoms with E-state index in [2.05, 4.69) is 178 Å². The van der Waals surface area contributed by atoms with Crippen LogP contribution in [0.25, 0.3) is 98.0 Å². The number of rotatable bonds is 5. The van der Waals surface area contributed by atoms with E-state index in [9.17, 15) is 0 Å². The topological polar surface area (TPSA) is 0 Å². The molecule has 0 aliphatic rings. The van der Waals surface area contributed by atoms with Crippen molar-refractivity contribution in [1.82, 2.24) is 0 Å². The van der Waals surface area contributed by atoms with Crippen molar-refractivity contribution in [2.45, 2.75) is 20.3 Å². The van der Waals surface area contributed by atoms with Crippen molar-refractivity contribution >= 4 is 64.6 Å². The van der Waals surface area contributed by atoms with Gasteiger partial charge >= 0.3 is 0 Å². The van der Waals surface area contributed by atoms with E-state index in [4.69, 9.17) is 0 Å². The second kappa shape index (κ2) is 11.3. The molecule has 0 aliphatic heterocycles. The van der Waals surface area contributed by atoms with Crippen molar-refractivity contribution in [3.8, 4) is 33.4 Å². The molecule has 0 aliphatic carbocycles. The molecule has 10 aromatic carbocycles. The van der Waals surface area contributed by atoms with Gasteiger partial charge in [-0.1, -0.05) is 178 Å². The normalized spacial score (nSPS) is 12.1. The van der Waals surface area contributed by atoms with Crippen LogP contribution in [0.2, 0.25) is 0 Å². The molecule has 0 heterocycles. The van der Waals surface area contributed by atoms with Gasteiger partial charge in [-0.2, -0.15) is 0 Å². The molecule has 10 aromatic rings. The molecular formula is C50H36. The maximum atomic E-state index is 2.37. The van der Waals surface area contributed by atoms with Crippen molar-refractivity contribution in [3.63, 3.8) is 0 Å². The summed E-state index contributed by atoms with van der Waals surface area (Å²) in [5, 5.41) is 15.8. The highest BCUT2D eigenvalue weighted by Crippen LogP contribution is 2.47. The quantitative estimate of drug-likeness (QED) is 0.130. The number of hydrogen-bond donors (Lipinski definition) is 0. The standard InChI is InChI=1S/C50H36/c1-31(2)30-37-23-22-35-25-28-45-46(29-26-36-24-27-40(37)48(35)49(36)45)50-43-15-7-5-13-41(43)47(42-14-6-8-16-44(42)50)34-20-18-33(19-21-34)39-17-9-11-32-10-3-4-12-38(32)39/h3-29,31H,30H2,1-2H3. The van der Waals surface area contributed by atoms with Gasteiger partial charge in [0.05, 0.1) is 0 Å². The number of hydrogen-bond acceptors (Lipinski definition) is 0. The van der Waals surface area contributed by atoms with Crippen LogP contribution in [-0.4, -0.2) is 0 Å². The van der Waals surface area contributed by atoms with Crippen molar-refractivity contribution < 1.29 is 0 Å². The third-order valence-corrected chi connectivity index (χ3v) is 10.9. The SMILES string of the molecule is CC(C)Cc1ccc2ccc3c(-c4c5ccccc5c(-c5ccc(-c6cccc7ccccc67)cc5)c5ccccc45)ccc4ccc1c2c43. The maximum Gasteiger partial charge on any atom is -0.00201 e. The Morgan fingerprint density at radius 1 is 0.340 bits per heavy atom. The molecule has 0 fully saturated rings. The first kappa shape index (κ1) is 29.0. The van der Waals surface area contributed by atoms with Gasteiger partial charge < -0.3 is 0 Å². The lowest BCUT2D eigenvalue weighted by atomic mass is 9.82. The summed E-state index contributed by atoms with van der Waals surface area (Å²) in [6.07, 6.45) is 1.08. The van der Waals surface area contributed by atoms with Crippen molar-refractivity contribution in [3.05, 3.63) is 169 Å². The van der Waals surface area contributed by atoms with Crippen molar-refractivity contribution in [2.24, 2.45) is 5.92 Å². The maximum absolute atomic E-state index is 2.37. The van der Waals surface area contributed by atoms with Crippen LogP contribution in [-0.2, 0) is 6.42 Å². The Kier molecular flexibility index (Phi) is 6.54. The summed E-state index contributed by atoms with van der Waals surface area (Å²) in [6.45, 7) is 4.63. The zero-order valence-corrected chi connectivity index (χ0v) is 28.4. The van der Waals surface area contributed by atoms with E-state index in [0.717, 1.165) is 6.42 Å².